The number of carbonyl (C=O) groups is 1. The molecule has 2 aliphatic rings. The molecular weight excluding hydrogens is 186 g/mol. The second-order valence-corrected chi connectivity index (χ2v) is 4.87. The van der Waals surface area contributed by atoms with Crippen molar-refractivity contribution in [2.24, 2.45) is 0 Å². The predicted molar refractivity (Wildman–Crippen MR) is 61.8 cm³/mol. The summed E-state index contributed by atoms with van der Waals surface area (Å²) in [4.78, 5) is 14.1. The van der Waals surface area contributed by atoms with Gasteiger partial charge in [-0.25, -0.2) is 0 Å². The molecule has 0 radical (unpaired) electrons. The van der Waals surface area contributed by atoms with Crippen molar-refractivity contribution < 1.29 is 4.79 Å². The van der Waals surface area contributed by atoms with E-state index in [0.29, 0.717) is 11.8 Å². The third kappa shape index (κ3) is 2.69. The molecule has 1 heterocycles. The summed E-state index contributed by atoms with van der Waals surface area (Å²) in [5.41, 5.74) is 1.11. The zero-order valence-corrected chi connectivity index (χ0v) is 9.67. The molecule has 15 heavy (non-hydrogen) atoms. The van der Waals surface area contributed by atoms with Gasteiger partial charge in [0, 0.05) is 12.5 Å². The van der Waals surface area contributed by atoms with Gasteiger partial charge in [-0.3, -0.25) is 9.69 Å². The van der Waals surface area contributed by atoms with Crippen molar-refractivity contribution in [3.05, 3.63) is 11.6 Å². The van der Waals surface area contributed by atoms with Crippen LogP contribution in [0.4, 0.5) is 0 Å². The number of carbonyl (C=O) groups excluding carboxylic acids is 1. The summed E-state index contributed by atoms with van der Waals surface area (Å²) in [6, 6.07) is 0.524. The number of nitrogens with zero attached hydrogens (tertiary/aromatic N) is 1. The molecule has 1 saturated heterocycles. The molecule has 0 bridgehead atoms. The molecule has 1 aliphatic heterocycles. The van der Waals surface area contributed by atoms with Crippen LogP contribution in [0.15, 0.2) is 11.6 Å². The Morgan fingerprint density at radius 2 is 2.00 bits per heavy atom. The molecule has 1 saturated carbocycles. The normalized spacial score (nSPS) is 32.2. The van der Waals surface area contributed by atoms with Gasteiger partial charge >= 0.3 is 0 Å². The quantitative estimate of drug-likeness (QED) is 0.616. The molecule has 84 valence electrons. The average molecular weight is 207 g/mol. The fourth-order valence-electron chi connectivity index (χ4n) is 2.62. The fourth-order valence-corrected chi connectivity index (χ4v) is 2.62. The van der Waals surface area contributed by atoms with Crippen LogP contribution in [-0.2, 0) is 4.79 Å². The predicted octanol–water partition coefficient (Wildman–Crippen LogP) is 2.54. The van der Waals surface area contributed by atoms with Crippen molar-refractivity contribution in [2.75, 3.05) is 13.6 Å². The summed E-state index contributed by atoms with van der Waals surface area (Å²) >= 11 is 0. The van der Waals surface area contributed by atoms with E-state index in [4.69, 9.17) is 0 Å². The molecule has 1 atom stereocenters. The Balaban J connectivity index is 2.03. The van der Waals surface area contributed by atoms with Crippen molar-refractivity contribution in [3.63, 3.8) is 0 Å². The second-order valence-electron chi connectivity index (χ2n) is 4.87. The lowest BCUT2D eigenvalue weighted by Crippen LogP contribution is -2.35. The number of Topliss-reactive ketones (excluding diaryl/α,β-unsaturated/α-hetero) is 1. The standard InChI is InChI=1S/C13H21NO/c1-14-9-5-4-7-12(14)10-11-6-2-3-8-13(11)15/h10,12H,2-9H2,1H3/b11-10+. The minimum Gasteiger partial charge on any atom is -0.300 e. The highest BCUT2D eigenvalue weighted by atomic mass is 16.1. The number of rotatable bonds is 1. The van der Waals surface area contributed by atoms with Crippen molar-refractivity contribution in [1.29, 1.82) is 0 Å². The van der Waals surface area contributed by atoms with E-state index in [2.05, 4.69) is 18.0 Å². The molecule has 0 aromatic carbocycles. The Kier molecular flexibility index (Phi) is 3.57. The van der Waals surface area contributed by atoms with Gasteiger partial charge in [0.15, 0.2) is 5.78 Å². The summed E-state index contributed by atoms with van der Waals surface area (Å²) in [7, 11) is 2.17. The van der Waals surface area contributed by atoms with Crippen LogP contribution < -0.4 is 0 Å². The fraction of sp³-hybridized carbons (Fsp3) is 0.769. The van der Waals surface area contributed by atoms with Gasteiger partial charge in [-0.1, -0.05) is 12.5 Å². The third-order valence-corrected chi connectivity index (χ3v) is 3.68. The molecule has 0 aromatic heterocycles. The van der Waals surface area contributed by atoms with Gasteiger partial charge in [-0.2, -0.15) is 0 Å². The summed E-state index contributed by atoms with van der Waals surface area (Å²) in [6.07, 6.45) is 10.2. The highest BCUT2D eigenvalue weighted by Crippen LogP contribution is 2.23. The Labute approximate surface area is 92.3 Å². The van der Waals surface area contributed by atoms with Gasteiger partial charge in [0.1, 0.15) is 0 Å². The van der Waals surface area contributed by atoms with E-state index in [0.717, 1.165) is 24.8 Å². The lowest BCUT2D eigenvalue weighted by molar-refractivity contribution is -0.116. The van der Waals surface area contributed by atoms with Crippen molar-refractivity contribution in [1.82, 2.24) is 4.90 Å². The number of ketones is 1. The van der Waals surface area contributed by atoms with E-state index < -0.39 is 0 Å². The number of hydrogen-bond acceptors (Lipinski definition) is 2. The first-order valence-corrected chi connectivity index (χ1v) is 6.21. The molecule has 2 heteroatoms. The van der Waals surface area contributed by atoms with E-state index in [-0.39, 0.29) is 0 Å². The zero-order valence-electron chi connectivity index (χ0n) is 9.67. The summed E-state index contributed by atoms with van der Waals surface area (Å²) < 4.78 is 0. The second kappa shape index (κ2) is 4.93. The molecule has 0 amide bonds. The topological polar surface area (TPSA) is 20.3 Å². The average Bonchev–Trinajstić information content (AvgIpc) is 2.24. The van der Waals surface area contributed by atoms with Crippen LogP contribution in [0.1, 0.15) is 44.9 Å². The molecule has 2 rings (SSSR count). The minimum atomic E-state index is 0.403. The molecular formula is C13H21NO. The first-order chi connectivity index (χ1) is 7.27. The monoisotopic (exact) mass is 207 g/mol. The zero-order chi connectivity index (χ0) is 10.7. The molecule has 1 aliphatic carbocycles. The first-order valence-electron chi connectivity index (χ1n) is 6.21. The van der Waals surface area contributed by atoms with Crippen LogP contribution in [0.3, 0.4) is 0 Å². The highest BCUT2D eigenvalue weighted by molar-refractivity contribution is 5.96. The number of allylic oxidation sites excluding steroid dienone is 1. The number of hydrogen-bond donors (Lipinski definition) is 0. The van der Waals surface area contributed by atoms with E-state index in [1.165, 1.54) is 32.2 Å². The number of likely N-dealkylation sites (N-methyl/N-ethyl adjacent to an activating group) is 1. The maximum Gasteiger partial charge on any atom is 0.158 e. The summed E-state index contributed by atoms with van der Waals surface area (Å²) in [6.45, 7) is 1.18. The maximum atomic E-state index is 11.7. The van der Waals surface area contributed by atoms with Crippen LogP contribution in [0, 0.1) is 0 Å². The Bertz CT molecular complexity index is 270. The SMILES string of the molecule is CN1CCCCC1/C=C1\CCCCC1=O. The van der Waals surface area contributed by atoms with E-state index in [1.54, 1.807) is 0 Å². The van der Waals surface area contributed by atoms with Gasteiger partial charge in [0.2, 0.25) is 0 Å². The van der Waals surface area contributed by atoms with E-state index in [9.17, 15) is 4.79 Å². The van der Waals surface area contributed by atoms with E-state index >= 15 is 0 Å². The smallest absolute Gasteiger partial charge is 0.158 e. The van der Waals surface area contributed by atoms with Crippen LogP contribution in [-0.4, -0.2) is 30.3 Å². The molecule has 2 nitrogen and oxygen atoms in total. The lowest BCUT2D eigenvalue weighted by atomic mass is 9.90. The molecule has 0 spiro atoms. The molecule has 1 unspecified atom stereocenters. The van der Waals surface area contributed by atoms with Gasteiger partial charge < -0.3 is 0 Å². The van der Waals surface area contributed by atoms with Crippen LogP contribution in [0.2, 0.25) is 0 Å². The van der Waals surface area contributed by atoms with Gasteiger partial charge in [-0.15, -0.1) is 0 Å². The van der Waals surface area contributed by atoms with Crippen LogP contribution >= 0.6 is 0 Å². The largest absolute Gasteiger partial charge is 0.300 e. The number of likely N-dealkylation sites (tertiary alicyclic amines) is 1. The summed E-state index contributed by atoms with van der Waals surface area (Å²) in [5.74, 6) is 0.403. The van der Waals surface area contributed by atoms with Gasteiger partial charge in [0.05, 0.1) is 0 Å². The van der Waals surface area contributed by atoms with Crippen molar-refractivity contribution in [3.8, 4) is 0 Å². The van der Waals surface area contributed by atoms with Gasteiger partial charge in [0.25, 0.3) is 0 Å². The maximum absolute atomic E-state index is 11.7. The van der Waals surface area contributed by atoms with Crippen LogP contribution in [0.25, 0.3) is 0 Å². The molecule has 0 N–H and O–H groups in total. The van der Waals surface area contributed by atoms with E-state index in [1.807, 2.05) is 0 Å². The molecule has 0 aromatic rings. The Morgan fingerprint density at radius 3 is 2.73 bits per heavy atom. The third-order valence-electron chi connectivity index (χ3n) is 3.68. The lowest BCUT2D eigenvalue weighted by Gasteiger charge is -2.31. The number of piperidine rings is 1. The minimum absolute atomic E-state index is 0.403. The Hall–Kier alpha value is -0.630. The first kappa shape index (κ1) is 10.9. The van der Waals surface area contributed by atoms with Crippen molar-refractivity contribution in [2.45, 2.75) is 51.0 Å². The Morgan fingerprint density at radius 1 is 1.20 bits per heavy atom. The summed E-state index contributed by atoms with van der Waals surface area (Å²) in [5, 5.41) is 0. The molecule has 2 fully saturated rings. The van der Waals surface area contributed by atoms with Crippen LogP contribution in [0.5, 0.6) is 0 Å². The van der Waals surface area contributed by atoms with Crippen molar-refractivity contribution >= 4 is 5.78 Å². The van der Waals surface area contributed by atoms with Gasteiger partial charge in [-0.05, 0) is 51.3 Å². The highest BCUT2D eigenvalue weighted by Gasteiger charge is 2.20.